The lowest BCUT2D eigenvalue weighted by molar-refractivity contribution is 0.457. The zero-order valence-electron chi connectivity index (χ0n) is 17.7. The predicted octanol–water partition coefficient (Wildman–Crippen LogP) is 4.19. The summed E-state index contributed by atoms with van der Waals surface area (Å²) in [6, 6.07) is 10.7. The number of aromatic amines is 1. The van der Waals surface area contributed by atoms with E-state index < -0.39 is 5.82 Å². The molecule has 0 saturated carbocycles. The molecular weight excluding hydrogens is 407 g/mol. The number of benzene rings is 2. The molecule has 3 heterocycles. The van der Waals surface area contributed by atoms with Crippen molar-refractivity contribution in [2.75, 3.05) is 36.0 Å². The van der Waals surface area contributed by atoms with Crippen molar-refractivity contribution < 1.29 is 9.50 Å². The Bertz CT molecular complexity index is 1280. The van der Waals surface area contributed by atoms with Crippen LogP contribution >= 0.6 is 0 Å². The van der Waals surface area contributed by atoms with E-state index >= 15 is 0 Å². The van der Waals surface area contributed by atoms with Gasteiger partial charge in [0.25, 0.3) is 0 Å². The molecule has 5 rings (SSSR count). The molecule has 2 aromatic carbocycles. The summed E-state index contributed by atoms with van der Waals surface area (Å²) in [5, 5.41) is 10.5. The molecule has 0 bridgehead atoms. The van der Waals surface area contributed by atoms with Crippen molar-refractivity contribution in [3.63, 3.8) is 0 Å². The van der Waals surface area contributed by atoms with Crippen molar-refractivity contribution >= 4 is 34.3 Å². The molecule has 1 aliphatic rings. The van der Waals surface area contributed by atoms with Crippen LogP contribution in [0.2, 0.25) is 0 Å². The highest BCUT2D eigenvalue weighted by Gasteiger charge is 2.19. The van der Waals surface area contributed by atoms with Gasteiger partial charge in [0.15, 0.2) is 5.88 Å². The minimum absolute atomic E-state index is 0.0943. The summed E-state index contributed by atoms with van der Waals surface area (Å²) in [7, 11) is 0. The number of hydrogen-bond acceptors (Lipinski definition) is 6. The highest BCUT2D eigenvalue weighted by molar-refractivity contribution is 6.02. The fraction of sp³-hybridized carbons (Fsp3) is 0.208. The van der Waals surface area contributed by atoms with E-state index in [4.69, 9.17) is 0 Å². The standard InChI is InChI=1S/C24H23FN6O/c1-16-13-17(28-14-18-23-19(25)3-2-4-20(23)29-24(18)32)5-6-21(16)30-9-11-31(12-10-30)22-15-26-7-8-27-22/h2-8,13-15,29,32H,9-12H2,1H3. The van der Waals surface area contributed by atoms with E-state index in [0.29, 0.717) is 16.5 Å². The molecule has 162 valence electrons. The molecule has 1 saturated heterocycles. The van der Waals surface area contributed by atoms with Gasteiger partial charge in [0.2, 0.25) is 0 Å². The van der Waals surface area contributed by atoms with Gasteiger partial charge in [-0.1, -0.05) is 6.07 Å². The Balaban J connectivity index is 1.32. The van der Waals surface area contributed by atoms with Gasteiger partial charge in [-0.3, -0.25) is 9.98 Å². The number of rotatable bonds is 4. The van der Waals surface area contributed by atoms with Crippen molar-refractivity contribution in [3.05, 3.63) is 71.9 Å². The SMILES string of the molecule is Cc1cc(N=Cc2c(O)[nH]c3cccc(F)c23)ccc1N1CCN(c2cnccn2)CC1. The Labute approximate surface area is 184 Å². The molecule has 2 N–H and O–H groups in total. The van der Waals surface area contributed by atoms with Crippen LogP contribution in [-0.4, -0.2) is 52.5 Å². The monoisotopic (exact) mass is 430 g/mol. The maximum Gasteiger partial charge on any atom is 0.198 e. The van der Waals surface area contributed by atoms with Gasteiger partial charge in [0.05, 0.1) is 23.0 Å². The molecule has 0 spiro atoms. The predicted molar refractivity (Wildman–Crippen MR) is 125 cm³/mol. The first kappa shape index (κ1) is 20.0. The Morgan fingerprint density at radius 1 is 1.09 bits per heavy atom. The summed E-state index contributed by atoms with van der Waals surface area (Å²) in [5.74, 6) is 0.418. The number of aryl methyl sites for hydroxylation is 1. The fourth-order valence-corrected chi connectivity index (χ4v) is 4.19. The Morgan fingerprint density at radius 2 is 1.91 bits per heavy atom. The molecule has 0 atom stereocenters. The quantitative estimate of drug-likeness (QED) is 0.475. The number of H-pyrrole nitrogens is 1. The van der Waals surface area contributed by atoms with Crippen LogP contribution < -0.4 is 9.80 Å². The van der Waals surface area contributed by atoms with Crippen LogP contribution in [0.1, 0.15) is 11.1 Å². The lowest BCUT2D eigenvalue weighted by Crippen LogP contribution is -2.47. The van der Waals surface area contributed by atoms with Crippen molar-refractivity contribution in [1.29, 1.82) is 0 Å². The molecule has 8 heteroatoms. The van der Waals surface area contributed by atoms with Crippen LogP contribution in [0, 0.1) is 12.7 Å². The number of aromatic nitrogens is 3. The lowest BCUT2D eigenvalue weighted by atomic mass is 10.1. The molecule has 1 fully saturated rings. The number of anilines is 2. The summed E-state index contributed by atoms with van der Waals surface area (Å²) >= 11 is 0. The highest BCUT2D eigenvalue weighted by atomic mass is 19.1. The summed E-state index contributed by atoms with van der Waals surface area (Å²) in [6.45, 7) is 5.60. The first-order valence-electron chi connectivity index (χ1n) is 10.5. The van der Waals surface area contributed by atoms with Crippen LogP contribution in [0.15, 0.2) is 60.0 Å². The van der Waals surface area contributed by atoms with Crippen molar-refractivity contribution in [1.82, 2.24) is 15.0 Å². The number of aromatic hydroxyl groups is 1. The summed E-state index contributed by atoms with van der Waals surface area (Å²) in [4.78, 5) is 20.4. The molecule has 1 aliphatic heterocycles. The maximum absolute atomic E-state index is 14.2. The minimum atomic E-state index is -0.396. The number of aliphatic imine (C=N–C) groups is 1. The molecule has 0 radical (unpaired) electrons. The van der Waals surface area contributed by atoms with Crippen molar-refractivity contribution in [2.45, 2.75) is 6.92 Å². The number of nitrogens with zero attached hydrogens (tertiary/aromatic N) is 5. The van der Waals surface area contributed by atoms with Gasteiger partial charge < -0.3 is 19.9 Å². The van der Waals surface area contributed by atoms with E-state index in [1.54, 1.807) is 30.7 Å². The number of piperazine rings is 1. The average molecular weight is 430 g/mol. The number of fused-ring (bicyclic) bond motifs is 1. The molecule has 0 aliphatic carbocycles. The zero-order chi connectivity index (χ0) is 22.1. The Morgan fingerprint density at radius 3 is 2.66 bits per heavy atom. The van der Waals surface area contributed by atoms with E-state index in [1.165, 1.54) is 18.0 Å². The van der Waals surface area contributed by atoms with Gasteiger partial charge in [0, 0.05) is 55.9 Å². The molecule has 32 heavy (non-hydrogen) atoms. The van der Waals surface area contributed by atoms with Crippen LogP contribution in [0.25, 0.3) is 10.9 Å². The van der Waals surface area contributed by atoms with Gasteiger partial charge in [0.1, 0.15) is 11.6 Å². The average Bonchev–Trinajstić information content (AvgIpc) is 3.15. The first-order chi connectivity index (χ1) is 15.6. The molecular formula is C24H23FN6O. The van der Waals surface area contributed by atoms with Crippen LogP contribution in [0.4, 0.5) is 21.6 Å². The number of halogens is 1. The first-order valence-corrected chi connectivity index (χ1v) is 10.5. The third-order valence-electron chi connectivity index (χ3n) is 5.81. The lowest BCUT2D eigenvalue weighted by Gasteiger charge is -2.37. The summed E-state index contributed by atoms with van der Waals surface area (Å²) in [6.07, 6.45) is 6.70. The molecule has 7 nitrogen and oxygen atoms in total. The molecule has 0 unspecified atom stereocenters. The van der Waals surface area contributed by atoms with Crippen molar-refractivity contribution in [2.24, 2.45) is 4.99 Å². The maximum atomic E-state index is 14.2. The van der Waals surface area contributed by atoms with Gasteiger partial charge >= 0.3 is 0 Å². The van der Waals surface area contributed by atoms with Crippen LogP contribution in [0.5, 0.6) is 5.88 Å². The Kier molecular flexibility index (Phi) is 5.18. The molecule has 0 amide bonds. The van der Waals surface area contributed by atoms with Gasteiger partial charge in [-0.2, -0.15) is 0 Å². The second-order valence-corrected chi connectivity index (χ2v) is 7.82. The highest BCUT2D eigenvalue weighted by Crippen LogP contribution is 2.30. The fourth-order valence-electron chi connectivity index (χ4n) is 4.19. The minimum Gasteiger partial charge on any atom is -0.494 e. The molecule has 2 aromatic heterocycles. The zero-order valence-corrected chi connectivity index (χ0v) is 17.7. The number of nitrogens with one attached hydrogen (secondary N) is 1. The normalized spacial score (nSPS) is 14.6. The van der Waals surface area contributed by atoms with E-state index in [9.17, 15) is 9.50 Å². The second kappa shape index (κ2) is 8.30. The van der Waals surface area contributed by atoms with Gasteiger partial charge in [-0.25, -0.2) is 9.37 Å². The second-order valence-electron chi connectivity index (χ2n) is 7.82. The number of hydrogen-bond donors (Lipinski definition) is 2. The summed E-state index contributed by atoms with van der Waals surface area (Å²) < 4.78 is 14.2. The third kappa shape index (κ3) is 3.75. The van der Waals surface area contributed by atoms with Gasteiger partial charge in [-0.15, -0.1) is 0 Å². The topological polar surface area (TPSA) is 80.6 Å². The third-order valence-corrected chi connectivity index (χ3v) is 5.81. The van der Waals surface area contributed by atoms with Crippen molar-refractivity contribution in [3.8, 4) is 5.88 Å². The largest absolute Gasteiger partial charge is 0.494 e. The molecule has 4 aromatic rings. The van der Waals surface area contributed by atoms with Crippen LogP contribution in [-0.2, 0) is 0 Å². The van der Waals surface area contributed by atoms with Gasteiger partial charge in [-0.05, 0) is 42.8 Å². The van der Waals surface area contributed by atoms with Crippen LogP contribution in [0.3, 0.4) is 0 Å². The van der Waals surface area contributed by atoms with E-state index in [-0.39, 0.29) is 5.88 Å². The van der Waals surface area contributed by atoms with E-state index in [2.05, 4.69) is 42.7 Å². The van der Waals surface area contributed by atoms with E-state index in [0.717, 1.165) is 43.2 Å². The smallest absolute Gasteiger partial charge is 0.198 e. The Hall–Kier alpha value is -3.94. The van der Waals surface area contributed by atoms with E-state index in [1.807, 2.05) is 12.1 Å². The summed E-state index contributed by atoms with van der Waals surface area (Å²) in [5.41, 5.74) is 3.91.